The van der Waals surface area contributed by atoms with Crippen molar-refractivity contribution in [3.63, 3.8) is 0 Å². The number of hydrogen-bond acceptors (Lipinski definition) is 3. The lowest BCUT2D eigenvalue weighted by Crippen LogP contribution is -2.41. The normalized spacial score (nSPS) is 14.4. The van der Waals surface area contributed by atoms with Gasteiger partial charge in [0.05, 0.1) is 0 Å². The Hall–Kier alpha value is -0.330. The quantitative estimate of drug-likeness (QED) is 0.628. The zero-order valence-electron chi connectivity index (χ0n) is 9.85. The zero-order chi connectivity index (χ0) is 12.6. The predicted molar refractivity (Wildman–Crippen MR) is 57.3 cm³/mol. The fraction of sp³-hybridized carbons (Fsp3) is 1.00. The van der Waals surface area contributed by atoms with Gasteiger partial charge >= 0.3 is 6.18 Å². The molecule has 3 nitrogen and oxygen atoms in total. The molecule has 0 aliphatic carbocycles. The van der Waals surface area contributed by atoms with E-state index in [0.29, 0.717) is 13.1 Å². The van der Waals surface area contributed by atoms with Crippen molar-refractivity contribution in [1.82, 2.24) is 10.2 Å². The van der Waals surface area contributed by atoms with E-state index in [2.05, 4.69) is 17.1 Å². The Morgan fingerprint density at radius 3 is 2.31 bits per heavy atom. The second-order valence-electron chi connectivity index (χ2n) is 3.70. The van der Waals surface area contributed by atoms with E-state index >= 15 is 0 Å². The number of rotatable bonds is 8. The molecule has 0 spiro atoms. The molecule has 0 radical (unpaired) electrons. The molecule has 0 bridgehead atoms. The molecule has 0 aliphatic rings. The summed E-state index contributed by atoms with van der Waals surface area (Å²) in [4.78, 5) is 2.15. The molecule has 6 heteroatoms. The first-order valence-electron chi connectivity index (χ1n) is 5.59. The van der Waals surface area contributed by atoms with E-state index in [1.54, 1.807) is 0 Å². The largest absolute Gasteiger partial charge is 0.415 e. The fourth-order valence-electron chi connectivity index (χ4n) is 1.34. The Morgan fingerprint density at radius 1 is 1.25 bits per heavy atom. The van der Waals surface area contributed by atoms with E-state index in [1.807, 2.05) is 6.92 Å². The summed E-state index contributed by atoms with van der Waals surface area (Å²) in [5.74, 6) is 0. The molecule has 0 aromatic carbocycles. The summed E-state index contributed by atoms with van der Waals surface area (Å²) in [5, 5.41) is 11.3. The van der Waals surface area contributed by atoms with Crippen LogP contribution in [0.3, 0.4) is 0 Å². The van der Waals surface area contributed by atoms with Crippen LogP contribution in [0.5, 0.6) is 0 Å². The van der Waals surface area contributed by atoms with E-state index in [9.17, 15) is 13.2 Å². The first-order valence-corrected chi connectivity index (χ1v) is 5.59. The highest BCUT2D eigenvalue weighted by Gasteiger charge is 2.37. The van der Waals surface area contributed by atoms with Gasteiger partial charge in [0.1, 0.15) is 0 Å². The first-order chi connectivity index (χ1) is 7.41. The molecule has 98 valence electrons. The molecule has 0 saturated carbocycles. The molecule has 0 saturated heterocycles. The maximum absolute atomic E-state index is 11.9. The van der Waals surface area contributed by atoms with Crippen LogP contribution in [-0.2, 0) is 0 Å². The van der Waals surface area contributed by atoms with Gasteiger partial charge in [-0.1, -0.05) is 13.8 Å². The highest BCUT2D eigenvalue weighted by molar-refractivity contribution is 4.68. The Balaban J connectivity index is 3.59. The fourth-order valence-corrected chi connectivity index (χ4v) is 1.34. The monoisotopic (exact) mass is 242 g/mol. The van der Waals surface area contributed by atoms with Gasteiger partial charge in [-0.05, 0) is 19.5 Å². The van der Waals surface area contributed by atoms with Crippen LogP contribution in [0.4, 0.5) is 13.2 Å². The first kappa shape index (κ1) is 15.7. The molecule has 0 amide bonds. The number of aliphatic hydroxyl groups excluding tert-OH is 1. The van der Waals surface area contributed by atoms with Crippen LogP contribution in [0, 0.1) is 0 Å². The number of likely N-dealkylation sites (N-methyl/N-ethyl adjacent to an activating group) is 1. The number of nitrogens with one attached hydrogen (secondary N) is 1. The zero-order valence-corrected chi connectivity index (χ0v) is 9.85. The van der Waals surface area contributed by atoms with Gasteiger partial charge in [-0.15, -0.1) is 0 Å². The van der Waals surface area contributed by atoms with Crippen molar-refractivity contribution < 1.29 is 18.3 Å². The van der Waals surface area contributed by atoms with Crippen molar-refractivity contribution in [3.05, 3.63) is 0 Å². The van der Waals surface area contributed by atoms with E-state index < -0.39 is 18.8 Å². The summed E-state index contributed by atoms with van der Waals surface area (Å²) < 4.78 is 35.8. The Bertz CT molecular complexity index is 176. The van der Waals surface area contributed by atoms with Crippen molar-refractivity contribution in [1.29, 1.82) is 0 Å². The minimum absolute atomic E-state index is 0.437. The van der Waals surface area contributed by atoms with Gasteiger partial charge < -0.3 is 15.3 Å². The van der Waals surface area contributed by atoms with Gasteiger partial charge in [0.15, 0.2) is 6.10 Å². The van der Waals surface area contributed by atoms with Crippen molar-refractivity contribution >= 4 is 0 Å². The van der Waals surface area contributed by atoms with Gasteiger partial charge in [0.25, 0.3) is 0 Å². The number of halogens is 3. The average Bonchev–Trinajstić information content (AvgIpc) is 2.20. The summed E-state index contributed by atoms with van der Waals surface area (Å²) in [6.07, 6.45) is -5.77. The predicted octanol–water partition coefficient (Wildman–Crippen LogP) is 1.23. The third-order valence-electron chi connectivity index (χ3n) is 2.31. The van der Waals surface area contributed by atoms with Gasteiger partial charge in [-0.25, -0.2) is 0 Å². The molecular weight excluding hydrogens is 221 g/mol. The molecule has 1 atom stereocenters. The molecule has 0 rings (SSSR count). The number of alkyl halides is 3. The number of nitrogens with zero attached hydrogens (tertiary/aromatic N) is 1. The smallest absolute Gasteiger partial charge is 0.382 e. The van der Waals surface area contributed by atoms with E-state index in [1.165, 1.54) is 0 Å². The van der Waals surface area contributed by atoms with Crippen LogP contribution in [0.25, 0.3) is 0 Å². The standard InChI is InChI=1S/C10H21F3N2O/c1-3-6-15(4-2)7-5-14-8-9(16)10(11,12)13/h9,14,16H,3-8H2,1-2H3. The van der Waals surface area contributed by atoms with E-state index in [0.717, 1.165) is 19.5 Å². The van der Waals surface area contributed by atoms with E-state index in [4.69, 9.17) is 5.11 Å². The molecule has 0 fully saturated rings. The Kier molecular flexibility index (Phi) is 7.70. The minimum atomic E-state index is -4.53. The molecule has 0 aliphatic heterocycles. The van der Waals surface area contributed by atoms with Gasteiger partial charge in [0, 0.05) is 19.6 Å². The van der Waals surface area contributed by atoms with E-state index in [-0.39, 0.29) is 0 Å². The summed E-state index contributed by atoms with van der Waals surface area (Å²) in [5.41, 5.74) is 0. The third-order valence-corrected chi connectivity index (χ3v) is 2.31. The Morgan fingerprint density at radius 2 is 1.88 bits per heavy atom. The molecule has 1 unspecified atom stereocenters. The third kappa shape index (κ3) is 7.03. The van der Waals surface area contributed by atoms with Gasteiger partial charge in [-0.2, -0.15) is 13.2 Å². The van der Waals surface area contributed by atoms with Crippen LogP contribution in [0.2, 0.25) is 0 Å². The summed E-state index contributed by atoms with van der Waals surface area (Å²) in [7, 11) is 0. The molecule has 16 heavy (non-hydrogen) atoms. The SMILES string of the molecule is CCCN(CC)CCNCC(O)C(F)(F)F. The summed E-state index contributed by atoms with van der Waals surface area (Å²) >= 11 is 0. The minimum Gasteiger partial charge on any atom is -0.382 e. The Labute approximate surface area is 94.6 Å². The van der Waals surface area contributed by atoms with Crippen LogP contribution in [-0.4, -0.2) is 55.0 Å². The molecule has 0 aromatic rings. The maximum Gasteiger partial charge on any atom is 0.415 e. The second kappa shape index (κ2) is 7.86. The van der Waals surface area contributed by atoms with Crippen molar-refractivity contribution in [2.24, 2.45) is 0 Å². The van der Waals surface area contributed by atoms with Crippen molar-refractivity contribution in [3.8, 4) is 0 Å². The lowest BCUT2D eigenvalue weighted by molar-refractivity contribution is -0.201. The second-order valence-corrected chi connectivity index (χ2v) is 3.70. The maximum atomic E-state index is 11.9. The highest BCUT2D eigenvalue weighted by atomic mass is 19.4. The average molecular weight is 242 g/mol. The number of aliphatic hydroxyl groups is 1. The molecule has 0 aromatic heterocycles. The van der Waals surface area contributed by atoms with Crippen LogP contribution in [0.1, 0.15) is 20.3 Å². The molecule has 0 heterocycles. The lowest BCUT2D eigenvalue weighted by atomic mass is 10.3. The van der Waals surface area contributed by atoms with Crippen LogP contribution < -0.4 is 5.32 Å². The van der Waals surface area contributed by atoms with Gasteiger partial charge in [-0.3, -0.25) is 0 Å². The summed E-state index contributed by atoms with van der Waals surface area (Å²) in [6.45, 7) is 6.63. The van der Waals surface area contributed by atoms with Crippen LogP contribution >= 0.6 is 0 Å². The highest BCUT2D eigenvalue weighted by Crippen LogP contribution is 2.18. The van der Waals surface area contributed by atoms with Gasteiger partial charge in [0.2, 0.25) is 0 Å². The lowest BCUT2D eigenvalue weighted by Gasteiger charge is -2.20. The molecule has 2 N–H and O–H groups in total. The van der Waals surface area contributed by atoms with Crippen molar-refractivity contribution in [2.75, 3.05) is 32.7 Å². The summed E-state index contributed by atoms with van der Waals surface area (Å²) in [6, 6.07) is 0. The van der Waals surface area contributed by atoms with Crippen molar-refractivity contribution in [2.45, 2.75) is 32.5 Å². The molecular formula is C10H21F3N2O. The topological polar surface area (TPSA) is 35.5 Å². The number of hydrogen-bond donors (Lipinski definition) is 2. The van der Waals surface area contributed by atoms with Crippen LogP contribution in [0.15, 0.2) is 0 Å².